The number of rotatable bonds is 15. The minimum absolute atomic E-state index is 0.167. The van der Waals surface area contributed by atoms with Gasteiger partial charge in [-0.3, -0.25) is 0 Å². The number of pyridine rings is 1. The fourth-order valence-corrected chi connectivity index (χ4v) is 5.55. The third kappa shape index (κ3) is 11.1. The largest absolute Gasteiger partial charge is 0.508 e. The number of phenols is 2. The highest BCUT2D eigenvalue weighted by atomic mass is 33.1. The quantitative estimate of drug-likeness (QED) is 0.0574. The summed E-state index contributed by atoms with van der Waals surface area (Å²) in [7, 11) is 6.88. The molecule has 3 N–H and O–H groups in total. The molecule has 0 saturated carbocycles. The van der Waals surface area contributed by atoms with Crippen molar-refractivity contribution in [3.05, 3.63) is 114 Å². The van der Waals surface area contributed by atoms with Crippen LogP contribution < -0.4 is 19.0 Å². The van der Waals surface area contributed by atoms with Gasteiger partial charge in [-0.2, -0.15) is 0 Å². The molecule has 0 spiro atoms. The summed E-state index contributed by atoms with van der Waals surface area (Å²) in [6.07, 6.45) is 17.8. The summed E-state index contributed by atoms with van der Waals surface area (Å²) in [6.45, 7) is 5.46. The van der Waals surface area contributed by atoms with Crippen molar-refractivity contribution in [1.29, 1.82) is 0 Å². The van der Waals surface area contributed by atoms with E-state index in [1.807, 2.05) is 64.2 Å². The van der Waals surface area contributed by atoms with E-state index in [1.165, 1.54) is 0 Å². The highest BCUT2D eigenvalue weighted by Gasteiger charge is 2.04. The summed E-state index contributed by atoms with van der Waals surface area (Å²) >= 11 is 0. The normalized spacial score (nSPS) is 11.8. The van der Waals surface area contributed by atoms with Crippen molar-refractivity contribution in [2.45, 2.75) is 6.54 Å². The maximum atomic E-state index is 9.62. The van der Waals surface area contributed by atoms with Crippen molar-refractivity contribution in [1.82, 2.24) is 0 Å². The van der Waals surface area contributed by atoms with Gasteiger partial charge in [-0.1, -0.05) is 52.5 Å². The van der Waals surface area contributed by atoms with Crippen LogP contribution in [0.15, 0.2) is 97.0 Å². The zero-order chi connectivity index (χ0) is 29.3. The van der Waals surface area contributed by atoms with Crippen molar-refractivity contribution >= 4 is 46.0 Å². The van der Waals surface area contributed by atoms with Crippen molar-refractivity contribution in [2.24, 2.45) is 0 Å². The molecular formula is C33H36N2O4S2+2. The average molecular weight is 589 g/mol. The van der Waals surface area contributed by atoms with Crippen LogP contribution >= 0.6 is 21.6 Å². The number of aryl methyl sites for hydroxylation is 1. The molecule has 0 bridgehead atoms. The molecule has 41 heavy (non-hydrogen) atoms. The van der Waals surface area contributed by atoms with Gasteiger partial charge in [0.05, 0.1) is 25.7 Å². The first kappa shape index (κ1) is 31.4. The van der Waals surface area contributed by atoms with Gasteiger partial charge in [0.15, 0.2) is 31.7 Å². The number of benzene rings is 2. The van der Waals surface area contributed by atoms with E-state index in [2.05, 4.69) is 46.4 Å². The number of nitrogens with one attached hydrogen (secondary N) is 1. The van der Waals surface area contributed by atoms with Gasteiger partial charge in [-0.25, -0.2) is 9.56 Å². The molecule has 6 nitrogen and oxygen atoms in total. The molecule has 0 aliphatic heterocycles. The minimum Gasteiger partial charge on any atom is -0.508 e. The van der Waals surface area contributed by atoms with Crippen molar-refractivity contribution in [3.63, 3.8) is 0 Å². The maximum Gasteiger partial charge on any atom is 0.169 e. The molecule has 212 valence electrons. The van der Waals surface area contributed by atoms with Gasteiger partial charge in [-0.15, -0.1) is 5.73 Å². The Kier molecular flexibility index (Phi) is 13.5. The second kappa shape index (κ2) is 17.6. The van der Waals surface area contributed by atoms with Crippen LogP contribution in [0.25, 0.3) is 18.2 Å². The van der Waals surface area contributed by atoms with E-state index in [1.54, 1.807) is 50.6 Å². The van der Waals surface area contributed by atoms with Crippen LogP contribution in [0.3, 0.4) is 0 Å². The van der Waals surface area contributed by atoms with Gasteiger partial charge >= 0.3 is 0 Å². The average Bonchev–Trinajstić information content (AvgIpc) is 2.99. The predicted octanol–water partition coefficient (Wildman–Crippen LogP) is 5.09. The van der Waals surface area contributed by atoms with Crippen LogP contribution in [-0.2, 0) is 6.54 Å². The van der Waals surface area contributed by atoms with Crippen LogP contribution in [0.2, 0.25) is 0 Å². The first-order valence-corrected chi connectivity index (χ1v) is 15.5. The summed E-state index contributed by atoms with van der Waals surface area (Å²) in [5, 5.41) is 19.2. The number of hydrogen-bond donors (Lipinski definition) is 3. The molecule has 2 aromatic carbocycles. The lowest BCUT2D eigenvalue weighted by molar-refractivity contribution is -0.692. The molecule has 0 unspecified atom stereocenters. The number of ether oxygens (including phenoxy) is 2. The summed E-state index contributed by atoms with van der Waals surface area (Å²) in [5.74, 6) is 3.60. The van der Waals surface area contributed by atoms with Gasteiger partial charge in [0.1, 0.15) is 23.0 Å². The second-order valence-electron chi connectivity index (χ2n) is 8.67. The van der Waals surface area contributed by atoms with Crippen molar-refractivity contribution in [2.75, 3.05) is 32.3 Å². The lowest BCUT2D eigenvalue weighted by Crippen LogP contribution is -2.69. The Morgan fingerprint density at radius 3 is 2.17 bits per heavy atom. The number of aromatic hydroxyl groups is 2. The molecule has 3 rings (SSSR count). The molecule has 8 heteroatoms. The second-order valence-corrected chi connectivity index (χ2v) is 11.4. The molecule has 1 aromatic heterocycles. The molecule has 0 amide bonds. The molecule has 0 radical (unpaired) electrons. The van der Waals surface area contributed by atoms with Gasteiger partial charge in [-0.05, 0) is 41.5 Å². The zero-order valence-corrected chi connectivity index (χ0v) is 25.0. The van der Waals surface area contributed by atoms with E-state index in [0.29, 0.717) is 11.5 Å². The fourth-order valence-electron chi connectivity index (χ4n) is 3.65. The maximum absolute atomic E-state index is 9.62. The summed E-state index contributed by atoms with van der Waals surface area (Å²) in [4.78, 5) is 3.32. The van der Waals surface area contributed by atoms with E-state index in [4.69, 9.17) is 9.47 Å². The molecule has 0 fully saturated rings. The molecule has 0 saturated heterocycles. The van der Waals surface area contributed by atoms with Crippen molar-refractivity contribution < 1.29 is 29.2 Å². The Morgan fingerprint density at radius 1 is 0.902 bits per heavy atom. The van der Waals surface area contributed by atoms with E-state index in [0.717, 1.165) is 46.9 Å². The Labute approximate surface area is 250 Å². The Hall–Kier alpha value is -4.10. The van der Waals surface area contributed by atoms with Crippen LogP contribution in [0, 0.1) is 0 Å². The Bertz CT molecular complexity index is 1440. The van der Waals surface area contributed by atoms with E-state index < -0.39 is 0 Å². The summed E-state index contributed by atoms with van der Waals surface area (Å²) in [5.41, 5.74) is 6.62. The number of aromatic nitrogens is 1. The third-order valence-electron chi connectivity index (χ3n) is 5.77. The predicted molar refractivity (Wildman–Crippen MR) is 173 cm³/mol. The van der Waals surface area contributed by atoms with Gasteiger partial charge in [0.2, 0.25) is 0 Å². The zero-order valence-electron chi connectivity index (χ0n) is 23.3. The van der Waals surface area contributed by atoms with E-state index in [-0.39, 0.29) is 11.5 Å². The molecular weight excluding hydrogens is 553 g/mol. The van der Waals surface area contributed by atoms with Crippen molar-refractivity contribution in [3.8, 4) is 23.0 Å². The monoisotopic (exact) mass is 588 g/mol. The first-order valence-electron chi connectivity index (χ1n) is 13.0. The topological polar surface area (TPSA) is 76.8 Å². The van der Waals surface area contributed by atoms with Gasteiger partial charge in [0, 0.05) is 41.5 Å². The Balaban J connectivity index is 1.37. The molecule has 0 aliphatic rings. The standard InChI is InChI=1S/C33H34N2O4S2/c1-4-5-26(6-8-28-10-12-30(36)24-32(28)38-2)14-17-34-18-22-40-41-23-21-35-19-15-27(16-20-35)7-9-29-11-13-31(37)25-33(29)39-3/h5-17,19-20,24-25H,1,18,21-23H2,2-3H3,(H,34,36)/p+2. The molecule has 3 aromatic rings. The van der Waals surface area contributed by atoms with Gasteiger partial charge in [0.25, 0.3) is 0 Å². The summed E-state index contributed by atoms with van der Waals surface area (Å²) < 4.78 is 12.8. The van der Waals surface area contributed by atoms with Crippen LogP contribution in [0.5, 0.6) is 23.0 Å². The highest BCUT2D eigenvalue weighted by molar-refractivity contribution is 8.76. The molecule has 1 heterocycles. The van der Waals surface area contributed by atoms with Crippen LogP contribution in [0.4, 0.5) is 0 Å². The van der Waals surface area contributed by atoms with Gasteiger partial charge < -0.3 is 19.7 Å². The molecule has 0 aliphatic carbocycles. The van der Waals surface area contributed by atoms with E-state index >= 15 is 0 Å². The molecule has 0 atom stereocenters. The third-order valence-corrected chi connectivity index (χ3v) is 8.16. The number of phenolic OH excluding ortho intramolecular Hbond substituents is 2. The van der Waals surface area contributed by atoms with Crippen LogP contribution in [0.1, 0.15) is 16.7 Å². The summed E-state index contributed by atoms with van der Waals surface area (Å²) in [6, 6.07) is 14.3. The smallest absolute Gasteiger partial charge is 0.169 e. The Morgan fingerprint density at radius 2 is 1.54 bits per heavy atom. The van der Waals surface area contributed by atoms with Crippen LogP contribution in [-0.4, -0.2) is 48.7 Å². The number of methoxy groups -OCH3 is 2. The fraction of sp³-hybridized carbons (Fsp3) is 0.182. The lowest BCUT2D eigenvalue weighted by Gasteiger charge is -2.04. The van der Waals surface area contributed by atoms with E-state index in [9.17, 15) is 10.2 Å². The SMILES string of the molecule is C=C=CC(=C\C=[NH+]CCSSCC[n+]1ccc(/C=C/c2ccc(O)cc2OC)cc1)/C=C/c1ccc(O)cc1OC. The highest BCUT2D eigenvalue weighted by Crippen LogP contribution is 2.26. The minimum atomic E-state index is 0.167. The lowest BCUT2D eigenvalue weighted by atomic mass is 10.1. The first-order chi connectivity index (χ1) is 20.0. The number of allylic oxidation sites excluding steroid dienone is 4. The number of hydrogen-bond acceptors (Lipinski definition) is 6. The number of nitrogens with zero attached hydrogens (tertiary/aromatic N) is 1.